The van der Waals surface area contributed by atoms with E-state index in [2.05, 4.69) is 0 Å². The molecule has 0 amide bonds. The summed E-state index contributed by atoms with van der Waals surface area (Å²) in [5.41, 5.74) is -1.30. The van der Waals surface area contributed by atoms with Gasteiger partial charge >= 0.3 is 41.5 Å². The van der Waals surface area contributed by atoms with Gasteiger partial charge in [0.15, 0.2) is 0 Å². The Morgan fingerprint density at radius 1 is 1.16 bits per heavy atom. The summed E-state index contributed by atoms with van der Waals surface area (Å²) in [7, 11) is -5.21. The maximum absolute atomic E-state index is 11.1. The summed E-state index contributed by atoms with van der Waals surface area (Å²) in [5, 5.41) is 17.8. The second kappa shape index (κ2) is 6.02. The Morgan fingerprint density at radius 3 is 1.95 bits per heavy atom. The van der Waals surface area contributed by atoms with Crippen molar-refractivity contribution in [3.63, 3.8) is 0 Å². The summed E-state index contributed by atoms with van der Waals surface area (Å²) >= 11 is 0. The average Bonchev–Trinajstić information content (AvgIpc) is 2.18. The van der Waals surface area contributed by atoms with Crippen LogP contribution in [0.2, 0.25) is 0 Å². The first-order valence-electron chi connectivity index (χ1n) is 4.64. The van der Waals surface area contributed by atoms with Crippen LogP contribution in [-0.4, -0.2) is 35.1 Å². The van der Waals surface area contributed by atoms with Gasteiger partial charge in [0.25, 0.3) is 0 Å². The second-order valence-electron chi connectivity index (χ2n) is 3.63. The van der Waals surface area contributed by atoms with Crippen LogP contribution in [0, 0.1) is 13.8 Å². The molecule has 0 bridgehead atoms. The summed E-state index contributed by atoms with van der Waals surface area (Å²) in [6.07, 6.45) is 0. The van der Waals surface area contributed by atoms with Crippen LogP contribution >= 0.6 is 0 Å². The smallest absolute Gasteiger partial charge is 0.744 e. The van der Waals surface area contributed by atoms with Crippen molar-refractivity contribution < 1.29 is 62.3 Å². The Balaban J connectivity index is 0.00000324. The quantitative estimate of drug-likeness (QED) is 0.469. The molecule has 9 heteroatoms. The predicted octanol–water partition coefficient (Wildman–Crippen LogP) is -2.39. The number of aryl methyl sites for hydroxylation is 1. The molecular weight excluding hydrogens is 287 g/mol. The van der Waals surface area contributed by atoms with E-state index in [1.165, 1.54) is 13.8 Å². The van der Waals surface area contributed by atoms with Crippen molar-refractivity contribution in [1.29, 1.82) is 0 Å². The van der Waals surface area contributed by atoms with Crippen molar-refractivity contribution in [1.82, 2.24) is 0 Å². The van der Waals surface area contributed by atoms with Crippen molar-refractivity contribution in [3.05, 3.63) is 28.3 Å². The van der Waals surface area contributed by atoms with Crippen molar-refractivity contribution in [3.8, 4) is 0 Å². The molecule has 1 aromatic carbocycles. The van der Waals surface area contributed by atoms with Crippen LogP contribution in [0.25, 0.3) is 0 Å². The summed E-state index contributed by atoms with van der Waals surface area (Å²) in [6.45, 7) is 2.73. The van der Waals surface area contributed by atoms with Gasteiger partial charge in [0.1, 0.15) is 10.1 Å². The van der Waals surface area contributed by atoms with Crippen LogP contribution in [0.4, 0.5) is 0 Å². The van der Waals surface area contributed by atoms with Crippen LogP contribution in [0.1, 0.15) is 31.8 Å². The minimum atomic E-state index is -5.21. The van der Waals surface area contributed by atoms with E-state index < -0.39 is 38.1 Å². The first kappa shape index (κ1) is 18.1. The molecule has 98 valence electrons. The standard InChI is InChI=1S/C10H10O7S.Na/c1-4-3-6(9(11)12)8(18(15,16)17)7(5(4)2)10(13)14;/h3H,1-2H3,(H,11,12)(H,13,14)(H,15,16,17);/q;+1/p-1. The molecular formula is C10H9NaO7S. The van der Waals surface area contributed by atoms with Crippen molar-refractivity contribution in [2.24, 2.45) is 0 Å². The fraction of sp³-hybridized carbons (Fsp3) is 0.200. The van der Waals surface area contributed by atoms with Crippen LogP contribution < -0.4 is 29.6 Å². The van der Waals surface area contributed by atoms with E-state index in [9.17, 15) is 22.6 Å². The molecule has 0 aliphatic rings. The number of hydrogen-bond acceptors (Lipinski definition) is 5. The van der Waals surface area contributed by atoms with Crippen molar-refractivity contribution >= 4 is 22.1 Å². The summed E-state index contributed by atoms with van der Waals surface area (Å²) < 4.78 is 33.2. The first-order chi connectivity index (χ1) is 8.07. The van der Waals surface area contributed by atoms with E-state index in [1.807, 2.05) is 0 Å². The van der Waals surface area contributed by atoms with Crippen LogP contribution in [-0.2, 0) is 10.1 Å². The van der Waals surface area contributed by atoms with E-state index in [-0.39, 0.29) is 40.7 Å². The number of carbonyl (C=O) groups is 2. The van der Waals surface area contributed by atoms with Gasteiger partial charge in [0, 0.05) is 0 Å². The molecule has 2 N–H and O–H groups in total. The number of rotatable bonds is 3. The molecule has 0 saturated heterocycles. The third-order valence-electron chi connectivity index (χ3n) is 2.49. The van der Waals surface area contributed by atoms with Gasteiger partial charge in [-0.2, -0.15) is 0 Å². The third kappa shape index (κ3) is 3.54. The molecule has 19 heavy (non-hydrogen) atoms. The second-order valence-corrected chi connectivity index (χ2v) is 4.95. The monoisotopic (exact) mass is 296 g/mol. The van der Waals surface area contributed by atoms with E-state index >= 15 is 0 Å². The van der Waals surface area contributed by atoms with Crippen molar-refractivity contribution in [2.75, 3.05) is 0 Å². The van der Waals surface area contributed by atoms with Gasteiger partial charge in [-0.25, -0.2) is 18.0 Å². The van der Waals surface area contributed by atoms with Gasteiger partial charge in [0.05, 0.1) is 16.0 Å². The fourth-order valence-corrected chi connectivity index (χ4v) is 2.47. The predicted molar refractivity (Wildman–Crippen MR) is 57.8 cm³/mol. The van der Waals surface area contributed by atoms with E-state index in [0.29, 0.717) is 0 Å². The van der Waals surface area contributed by atoms with E-state index in [1.54, 1.807) is 0 Å². The largest absolute Gasteiger partial charge is 1.00 e. The summed E-state index contributed by atoms with van der Waals surface area (Å²) in [4.78, 5) is 20.7. The SMILES string of the molecule is Cc1cc(C(=O)O)c(S(=O)(=O)[O-])c(C(=O)O)c1C.[Na+]. The molecule has 0 saturated carbocycles. The first-order valence-corrected chi connectivity index (χ1v) is 6.05. The molecule has 0 fully saturated rings. The van der Waals surface area contributed by atoms with Crippen LogP contribution in [0.5, 0.6) is 0 Å². The van der Waals surface area contributed by atoms with Gasteiger partial charge in [-0.1, -0.05) is 0 Å². The molecule has 1 rings (SSSR count). The minimum Gasteiger partial charge on any atom is -0.744 e. The Labute approximate surface area is 131 Å². The molecule has 0 aliphatic carbocycles. The number of carboxylic acid groups (broad SMARTS) is 2. The summed E-state index contributed by atoms with van der Waals surface area (Å²) in [5.74, 6) is -3.33. The van der Waals surface area contributed by atoms with Gasteiger partial charge in [0.2, 0.25) is 0 Å². The van der Waals surface area contributed by atoms with Crippen LogP contribution in [0.15, 0.2) is 11.0 Å². The average molecular weight is 296 g/mol. The number of aromatic carboxylic acids is 2. The topological polar surface area (TPSA) is 132 Å². The van der Waals surface area contributed by atoms with Gasteiger partial charge < -0.3 is 14.8 Å². The van der Waals surface area contributed by atoms with E-state index in [0.717, 1.165) is 6.07 Å². The molecule has 7 nitrogen and oxygen atoms in total. The molecule has 0 aromatic heterocycles. The molecule has 0 spiro atoms. The Hall–Kier alpha value is -0.930. The normalized spacial score (nSPS) is 10.7. The fourth-order valence-electron chi connectivity index (χ4n) is 1.57. The van der Waals surface area contributed by atoms with Crippen LogP contribution in [0.3, 0.4) is 0 Å². The maximum atomic E-state index is 11.1. The van der Waals surface area contributed by atoms with Gasteiger partial charge in [-0.3, -0.25) is 0 Å². The number of carboxylic acids is 2. The maximum Gasteiger partial charge on any atom is 1.00 e. The number of benzene rings is 1. The molecule has 0 radical (unpaired) electrons. The molecule has 0 unspecified atom stereocenters. The third-order valence-corrected chi connectivity index (χ3v) is 3.42. The van der Waals surface area contributed by atoms with Gasteiger partial charge in [-0.05, 0) is 31.0 Å². The molecule has 0 heterocycles. The van der Waals surface area contributed by atoms with Crippen molar-refractivity contribution in [2.45, 2.75) is 18.7 Å². The molecule has 0 aliphatic heterocycles. The molecule has 1 aromatic rings. The Kier molecular flexibility index (Phi) is 5.72. The zero-order chi connectivity index (χ0) is 14.2. The Bertz CT molecular complexity index is 648. The van der Waals surface area contributed by atoms with Gasteiger partial charge in [-0.15, -0.1) is 0 Å². The number of hydrogen-bond donors (Lipinski definition) is 2. The Morgan fingerprint density at radius 2 is 1.63 bits per heavy atom. The van der Waals surface area contributed by atoms with E-state index in [4.69, 9.17) is 10.2 Å². The zero-order valence-electron chi connectivity index (χ0n) is 10.4. The summed E-state index contributed by atoms with van der Waals surface area (Å²) in [6, 6.07) is 0.967. The molecule has 0 atom stereocenters. The zero-order valence-corrected chi connectivity index (χ0v) is 13.2. The minimum absolute atomic E-state index is 0.